The number of nitrogens with zero attached hydrogens (tertiary/aromatic N) is 1. The smallest absolute Gasteiger partial charge is 0.350 e. The van der Waals surface area contributed by atoms with Crippen LogP contribution in [-0.4, -0.2) is 34.2 Å². The fourth-order valence-electron chi connectivity index (χ4n) is 0. The van der Waals surface area contributed by atoms with Crippen molar-refractivity contribution < 1.29 is 4.32 Å². The van der Waals surface area contributed by atoms with Crippen LogP contribution in [0.15, 0.2) is 0 Å². The molecule has 0 aromatic rings. The second kappa shape index (κ2) is 8.88. The van der Waals surface area contributed by atoms with E-state index in [0.717, 1.165) is 0 Å². The van der Waals surface area contributed by atoms with Crippen LogP contribution >= 0.6 is 0 Å². The molecule has 0 amide bonds. The molecule has 0 saturated carbocycles. The number of rotatable bonds is 0. The highest BCUT2D eigenvalue weighted by Crippen LogP contribution is 1.47. The zero-order valence-corrected chi connectivity index (χ0v) is 4.40. The van der Waals surface area contributed by atoms with Crippen LogP contribution in [0.1, 0.15) is 0 Å². The van der Waals surface area contributed by atoms with Crippen LogP contribution in [0.25, 0.3) is 0 Å². The molecule has 0 aliphatic rings. The summed E-state index contributed by atoms with van der Waals surface area (Å²) in [6.07, 6.45) is 0. The van der Waals surface area contributed by atoms with Gasteiger partial charge in [-0.2, -0.15) is 0 Å². The van der Waals surface area contributed by atoms with Crippen LogP contribution in [0.3, 0.4) is 0 Å². The summed E-state index contributed by atoms with van der Waals surface area (Å²) in [6.45, 7) is 0. The predicted octanol–water partition coefficient (Wildman–Crippen LogP) is 0.217. The van der Waals surface area contributed by atoms with Gasteiger partial charge in [0.2, 0.25) is 0 Å². The van der Waals surface area contributed by atoms with Gasteiger partial charge in [-0.1, -0.05) is 0 Å². The van der Waals surface area contributed by atoms with Crippen molar-refractivity contribution in [2.75, 3.05) is 21.1 Å². The Morgan fingerprint density at radius 1 is 1.17 bits per heavy atom. The van der Waals surface area contributed by atoms with Gasteiger partial charge in [0, 0.05) is 0 Å². The lowest BCUT2D eigenvalue weighted by atomic mass is 10.7. The fraction of sp³-hybridized carbons (Fsp3) is 1.00. The molecule has 1 nitrogen and oxygen atoms in total. The van der Waals surface area contributed by atoms with Crippen molar-refractivity contribution in [3.63, 3.8) is 0 Å². The summed E-state index contributed by atoms with van der Waals surface area (Å²) in [5, 5.41) is 0. The SMILES string of the molecule is CN(C)C.[B]F. The molecule has 0 fully saturated rings. The third kappa shape index (κ3) is 17000. The molecular weight excluding hydrogens is 79.8 g/mol. The van der Waals surface area contributed by atoms with Crippen molar-refractivity contribution in [2.45, 2.75) is 0 Å². The maximum absolute atomic E-state index is 9.00. The zero-order valence-electron chi connectivity index (χ0n) is 4.40. The Morgan fingerprint density at radius 3 is 1.17 bits per heavy atom. The predicted molar refractivity (Wildman–Crippen MR) is 26.5 cm³/mol. The van der Waals surface area contributed by atoms with Crippen molar-refractivity contribution in [3.05, 3.63) is 0 Å². The molecule has 0 aromatic heterocycles. The molecule has 0 aliphatic carbocycles. The molecule has 0 heterocycles. The molecule has 0 rings (SSSR count). The summed E-state index contributed by atoms with van der Waals surface area (Å²) in [5.41, 5.74) is 0. The molecule has 0 unspecified atom stereocenters. The van der Waals surface area contributed by atoms with Crippen LogP contribution in [0.5, 0.6) is 0 Å². The standard InChI is InChI=1S/C3H9N.BF/c1-4(2)3;1-2/h1-3H3;. The Kier molecular flexibility index (Phi) is 13.8. The third-order valence-electron chi connectivity index (χ3n) is 0. The van der Waals surface area contributed by atoms with Gasteiger partial charge >= 0.3 is 8.12 Å². The summed E-state index contributed by atoms with van der Waals surface area (Å²) in [5.74, 6) is 0. The molecule has 0 bridgehead atoms. The first kappa shape index (κ1) is 9.35. The summed E-state index contributed by atoms with van der Waals surface area (Å²) >= 11 is 0. The molecule has 2 radical (unpaired) electrons. The molecular formula is C3H9BFN. The Bertz CT molecular complexity index is 15.5. The minimum atomic E-state index is 2.00. The minimum absolute atomic E-state index is 2.00. The second-order valence-electron chi connectivity index (χ2n) is 1.34. The average Bonchev–Trinajstić information content (AvgIpc) is 1.41. The third-order valence-corrected chi connectivity index (χ3v) is 0. The van der Waals surface area contributed by atoms with E-state index in [4.69, 9.17) is 4.32 Å². The Hall–Kier alpha value is -0.0451. The van der Waals surface area contributed by atoms with E-state index in [1.165, 1.54) is 0 Å². The molecule has 0 aromatic carbocycles. The van der Waals surface area contributed by atoms with Gasteiger partial charge in [0.15, 0.2) is 0 Å². The quantitative estimate of drug-likeness (QED) is 0.383. The average molecular weight is 88.9 g/mol. The maximum atomic E-state index is 9.00. The lowest BCUT2D eigenvalue weighted by Gasteiger charge is -1.90. The van der Waals surface area contributed by atoms with Gasteiger partial charge in [0.25, 0.3) is 0 Å². The van der Waals surface area contributed by atoms with Crippen LogP contribution in [0.4, 0.5) is 4.32 Å². The highest BCUT2D eigenvalue weighted by atomic mass is 19.1. The highest BCUT2D eigenvalue weighted by molar-refractivity contribution is 5.96. The van der Waals surface area contributed by atoms with E-state index in [1.54, 1.807) is 0 Å². The summed E-state index contributed by atoms with van der Waals surface area (Å²) in [4.78, 5) is 2.00. The summed E-state index contributed by atoms with van der Waals surface area (Å²) in [7, 11) is 9.00. The van der Waals surface area contributed by atoms with Gasteiger partial charge in [0.05, 0.1) is 0 Å². The lowest BCUT2D eigenvalue weighted by molar-refractivity contribution is 0.505. The first-order chi connectivity index (χ1) is 2.73. The normalized spacial score (nSPS) is 6.83. The second-order valence-corrected chi connectivity index (χ2v) is 1.34. The van der Waals surface area contributed by atoms with Crippen molar-refractivity contribution in [1.82, 2.24) is 4.90 Å². The van der Waals surface area contributed by atoms with E-state index in [2.05, 4.69) is 8.12 Å². The first-order valence-electron chi connectivity index (χ1n) is 1.56. The number of hydrogen-bond acceptors (Lipinski definition) is 1. The molecule has 0 spiro atoms. The lowest BCUT2D eigenvalue weighted by Crippen LogP contribution is -1.99. The number of halogens is 1. The van der Waals surface area contributed by atoms with E-state index in [0.29, 0.717) is 0 Å². The van der Waals surface area contributed by atoms with E-state index in [1.807, 2.05) is 26.0 Å². The topological polar surface area (TPSA) is 3.24 Å². The van der Waals surface area contributed by atoms with Gasteiger partial charge in [-0.05, 0) is 21.1 Å². The molecule has 0 aliphatic heterocycles. The van der Waals surface area contributed by atoms with Crippen LogP contribution < -0.4 is 0 Å². The summed E-state index contributed by atoms with van der Waals surface area (Å²) < 4.78 is 9.00. The fourth-order valence-corrected chi connectivity index (χ4v) is 0. The van der Waals surface area contributed by atoms with Gasteiger partial charge in [-0.25, -0.2) is 0 Å². The Labute approximate surface area is 39.6 Å². The molecule has 0 saturated heterocycles. The Balaban J connectivity index is 0. The van der Waals surface area contributed by atoms with Gasteiger partial charge in [-0.3, -0.25) is 0 Å². The maximum Gasteiger partial charge on any atom is 0.350 e. The van der Waals surface area contributed by atoms with Gasteiger partial charge < -0.3 is 9.22 Å². The van der Waals surface area contributed by atoms with E-state index >= 15 is 0 Å². The van der Waals surface area contributed by atoms with Crippen LogP contribution in [0.2, 0.25) is 0 Å². The van der Waals surface area contributed by atoms with Gasteiger partial charge in [-0.15, -0.1) is 0 Å². The van der Waals surface area contributed by atoms with E-state index < -0.39 is 0 Å². The largest absolute Gasteiger partial charge is 0.350 e. The van der Waals surface area contributed by atoms with Crippen molar-refractivity contribution >= 4 is 8.12 Å². The molecule has 3 heteroatoms. The summed E-state index contributed by atoms with van der Waals surface area (Å²) in [6, 6.07) is 0. The molecule has 0 atom stereocenters. The van der Waals surface area contributed by atoms with Gasteiger partial charge in [0.1, 0.15) is 0 Å². The first-order valence-corrected chi connectivity index (χ1v) is 1.56. The molecule has 6 heavy (non-hydrogen) atoms. The molecule has 0 N–H and O–H groups in total. The van der Waals surface area contributed by atoms with E-state index in [-0.39, 0.29) is 0 Å². The van der Waals surface area contributed by atoms with Crippen molar-refractivity contribution in [2.24, 2.45) is 0 Å². The van der Waals surface area contributed by atoms with Crippen LogP contribution in [-0.2, 0) is 0 Å². The minimum Gasteiger partial charge on any atom is -0.350 e. The van der Waals surface area contributed by atoms with Crippen molar-refractivity contribution in [3.8, 4) is 0 Å². The van der Waals surface area contributed by atoms with Crippen LogP contribution in [0, 0.1) is 0 Å². The number of hydrogen-bond donors (Lipinski definition) is 0. The van der Waals surface area contributed by atoms with Crippen molar-refractivity contribution in [1.29, 1.82) is 0 Å². The Morgan fingerprint density at radius 2 is 1.17 bits per heavy atom. The zero-order chi connectivity index (χ0) is 5.58. The highest BCUT2D eigenvalue weighted by Gasteiger charge is 1.58. The monoisotopic (exact) mass is 89.1 g/mol. The molecule has 36 valence electrons. The van der Waals surface area contributed by atoms with E-state index in [9.17, 15) is 0 Å².